The molecule has 1 aromatic rings. The van der Waals surface area contributed by atoms with Crippen molar-refractivity contribution in [2.75, 3.05) is 26.2 Å². The van der Waals surface area contributed by atoms with Crippen molar-refractivity contribution in [2.45, 2.75) is 53.1 Å². The molecule has 1 saturated heterocycles. The van der Waals surface area contributed by atoms with Crippen LogP contribution in [0.4, 0.5) is 0 Å². The molecule has 0 bridgehead atoms. The third kappa shape index (κ3) is 4.72. The van der Waals surface area contributed by atoms with Crippen LogP contribution < -0.4 is 5.32 Å². The molecule has 1 aliphatic rings. The van der Waals surface area contributed by atoms with Gasteiger partial charge < -0.3 is 14.7 Å². The van der Waals surface area contributed by atoms with Crippen molar-refractivity contribution in [1.82, 2.24) is 20.3 Å². The second kappa shape index (κ2) is 8.98. The Morgan fingerprint density at radius 2 is 2.12 bits per heavy atom. The normalized spacial score (nSPS) is 21.0. The molecule has 0 unspecified atom stereocenters. The zero-order valence-corrected chi connectivity index (χ0v) is 16.4. The number of aromatic nitrogens is 1. The first-order valence-electron chi connectivity index (χ1n) is 9.28. The summed E-state index contributed by atoms with van der Waals surface area (Å²) in [5, 5.41) is 6.74. The largest absolute Gasteiger partial charge is 0.351 e. The molecule has 1 aliphatic heterocycles. The summed E-state index contributed by atoms with van der Waals surface area (Å²) in [6.07, 6.45) is 2.66. The number of amides is 2. The molecule has 2 atom stereocenters. The zero-order chi connectivity index (χ0) is 19.3. The Morgan fingerprint density at radius 3 is 2.65 bits per heavy atom. The number of likely N-dealkylation sites (N-methyl/N-ethyl adjacent to an activating group) is 1. The molecule has 144 valence electrons. The van der Waals surface area contributed by atoms with Crippen molar-refractivity contribution in [1.29, 1.82) is 0 Å². The lowest BCUT2D eigenvalue weighted by atomic mass is 10.1. The van der Waals surface area contributed by atoms with Crippen LogP contribution in [-0.4, -0.2) is 65.0 Å². The van der Waals surface area contributed by atoms with Crippen LogP contribution in [0.1, 0.15) is 50.4 Å². The van der Waals surface area contributed by atoms with Crippen molar-refractivity contribution >= 4 is 11.8 Å². The highest BCUT2D eigenvalue weighted by atomic mass is 16.5. The number of carbonyl (C=O) groups excluding carboxylic acids is 2. The maximum atomic E-state index is 12.9. The number of aryl methyl sites for hydroxylation is 1. The molecule has 1 aromatic heterocycles. The maximum absolute atomic E-state index is 12.9. The predicted octanol–water partition coefficient (Wildman–Crippen LogP) is 1.99. The first-order valence-corrected chi connectivity index (χ1v) is 9.28. The van der Waals surface area contributed by atoms with Gasteiger partial charge in [0.05, 0.1) is 11.7 Å². The highest BCUT2D eigenvalue weighted by Gasteiger charge is 2.39. The van der Waals surface area contributed by atoms with E-state index >= 15 is 0 Å². The number of carbonyl (C=O) groups is 2. The highest BCUT2D eigenvalue weighted by molar-refractivity contribution is 5.91. The lowest BCUT2D eigenvalue weighted by Crippen LogP contribution is -2.46. The minimum Gasteiger partial charge on any atom is -0.351 e. The monoisotopic (exact) mass is 362 g/mol. The second-order valence-electron chi connectivity index (χ2n) is 6.83. The van der Waals surface area contributed by atoms with E-state index in [-0.39, 0.29) is 29.7 Å². The van der Waals surface area contributed by atoms with Gasteiger partial charge in [0.2, 0.25) is 11.7 Å². The van der Waals surface area contributed by atoms with Crippen LogP contribution in [0.2, 0.25) is 0 Å². The van der Waals surface area contributed by atoms with E-state index in [4.69, 9.17) is 4.52 Å². The van der Waals surface area contributed by atoms with Crippen molar-refractivity contribution in [3.8, 4) is 0 Å². The second-order valence-corrected chi connectivity index (χ2v) is 6.83. The molecule has 2 rings (SSSR count). The van der Waals surface area contributed by atoms with Crippen LogP contribution in [0.25, 0.3) is 0 Å². The zero-order valence-electron chi connectivity index (χ0n) is 16.4. The molecule has 0 spiro atoms. The van der Waals surface area contributed by atoms with Gasteiger partial charge in [-0.25, -0.2) is 0 Å². The van der Waals surface area contributed by atoms with Crippen LogP contribution in [0, 0.1) is 6.92 Å². The topological polar surface area (TPSA) is 78.7 Å². The first kappa shape index (κ1) is 20.2. The SMILES string of the molecule is C/C=C(\C)CN1C[C@@H](NC(=O)c2cc(C)no2)C[C@H]1C(=O)N(CC)CC. The number of hydrogen-bond acceptors (Lipinski definition) is 5. The summed E-state index contributed by atoms with van der Waals surface area (Å²) >= 11 is 0. The molecule has 0 aromatic carbocycles. The number of hydrogen-bond donors (Lipinski definition) is 1. The van der Waals surface area contributed by atoms with Crippen LogP contribution in [-0.2, 0) is 4.79 Å². The number of rotatable bonds is 7. The molecule has 1 fully saturated rings. The van der Waals surface area contributed by atoms with Crippen molar-refractivity contribution < 1.29 is 14.1 Å². The summed E-state index contributed by atoms with van der Waals surface area (Å²) < 4.78 is 5.03. The molecule has 2 amide bonds. The lowest BCUT2D eigenvalue weighted by molar-refractivity contribution is -0.135. The summed E-state index contributed by atoms with van der Waals surface area (Å²) in [6.45, 7) is 12.6. The quantitative estimate of drug-likeness (QED) is 0.751. The Hall–Kier alpha value is -2.15. The average molecular weight is 362 g/mol. The van der Waals surface area contributed by atoms with Crippen LogP contribution in [0.5, 0.6) is 0 Å². The van der Waals surface area contributed by atoms with Gasteiger partial charge in [-0.3, -0.25) is 14.5 Å². The molecule has 0 saturated carbocycles. The molecular weight excluding hydrogens is 332 g/mol. The highest BCUT2D eigenvalue weighted by Crippen LogP contribution is 2.22. The summed E-state index contributed by atoms with van der Waals surface area (Å²) in [5.74, 6) is 0.0533. The van der Waals surface area contributed by atoms with Crippen molar-refractivity contribution in [3.63, 3.8) is 0 Å². The van der Waals surface area contributed by atoms with E-state index in [2.05, 4.69) is 28.4 Å². The molecule has 26 heavy (non-hydrogen) atoms. The lowest BCUT2D eigenvalue weighted by Gasteiger charge is -2.28. The van der Waals surface area contributed by atoms with E-state index in [9.17, 15) is 9.59 Å². The van der Waals surface area contributed by atoms with Gasteiger partial charge in [-0.1, -0.05) is 16.8 Å². The van der Waals surface area contributed by atoms with Gasteiger partial charge in [0.25, 0.3) is 5.91 Å². The molecule has 0 aliphatic carbocycles. The van der Waals surface area contributed by atoms with E-state index < -0.39 is 0 Å². The Morgan fingerprint density at radius 1 is 1.42 bits per heavy atom. The van der Waals surface area contributed by atoms with Crippen LogP contribution >= 0.6 is 0 Å². The Bertz CT molecular complexity index is 663. The standard InChI is InChI=1S/C19H30N4O3/c1-6-13(4)11-23-12-15(10-16(23)19(25)22(7-2)8-3)20-18(24)17-9-14(5)21-26-17/h6,9,15-16H,7-8,10-12H2,1-5H3,(H,20,24)/b13-6+/t15-,16-/m0/s1. The third-order valence-corrected chi connectivity index (χ3v) is 4.90. The predicted molar refractivity (Wildman–Crippen MR) is 99.8 cm³/mol. The van der Waals surface area contributed by atoms with Gasteiger partial charge in [0.15, 0.2) is 0 Å². The summed E-state index contributed by atoms with van der Waals surface area (Å²) in [4.78, 5) is 29.3. The fourth-order valence-corrected chi connectivity index (χ4v) is 3.32. The first-order chi connectivity index (χ1) is 12.4. The van der Waals surface area contributed by atoms with Gasteiger partial charge >= 0.3 is 0 Å². The van der Waals surface area contributed by atoms with E-state index in [1.807, 2.05) is 25.7 Å². The number of allylic oxidation sites excluding steroid dienone is 1. The summed E-state index contributed by atoms with van der Waals surface area (Å²) in [7, 11) is 0. The van der Waals surface area contributed by atoms with Gasteiger partial charge in [0, 0.05) is 38.3 Å². The van der Waals surface area contributed by atoms with Gasteiger partial charge in [-0.2, -0.15) is 0 Å². The van der Waals surface area contributed by atoms with Crippen molar-refractivity contribution in [2.24, 2.45) is 0 Å². The number of nitrogens with zero attached hydrogens (tertiary/aromatic N) is 3. The summed E-state index contributed by atoms with van der Waals surface area (Å²) in [6, 6.07) is 1.30. The molecule has 0 radical (unpaired) electrons. The molecule has 2 heterocycles. The van der Waals surface area contributed by atoms with Crippen molar-refractivity contribution in [3.05, 3.63) is 29.2 Å². The Balaban J connectivity index is 2.10. The Labute approximate surface area is 155 Å². The van der Waals surface area contributed by atoms with Gasteiger partial charge in [-0.05, 0) is 41.0 Å². The van der Waals surface area contributed by atoms with E-state index in [0.717, 1.165) is 6.54 Å². The molecular formula is C19H30N4O3. The number of nitrogens with one attached hydrogen (secondary N) is 1. The van der Waals surface area contributed by atoms with Crippen LogP contribution in [0.15, 0.2) is 22.2 Å². The fourth-order valence-electron chi connectivity index (χ4n) is 3.32. The minimum atomic E-state index is -0.283. The molecule has 7 nitrogen and oxygen atoms in total. The number of likely N-dealkylation sites (tertiary alicyclic amines) is 1. The Kier molecular flexibility index (Phi) is 6.97. The molecule has 1 N–H and O–H groups in total. The van der Waals surface area contributed by atoms with E-state index in [1.165, 1.54) is 5.57 Å². The average Bonchev–Trinajstić information content (AvgIpc) is 3.22. The van der Waals surface area contributed by atoms with Crippen LogP contribution in [0.3, 0.4) is 0 Å². The smallest absolute Gasteiger partial charge is 0.290 e. The fraction of sp³-hybridized carbons (Fsp3) is 0.632. The van der Waals surface area contributed by atoms with E-state index in [0.29, 0.717) is 31.7 Å². The van der Waals surface area contributed by atoms with Gasteiger partial charge in [-0.15, -0.1) is 0 Å². The summed E-state index contributed by atoms with van der Waals surface area (Å²) in [5.41, 5.74) is 1.88. The third-order valence-electron chi connectivity index (χ3n) is 4.90. The molecule has 7 heteroatoms. The minimum absolute atomic E-state index is 0.0953. The van der Waals surface area contributed by atoms with Gasteiger partial charge in [0.1, 0.15) is 0 Å². The maximum Gasteiger partial charge on any atom is 0.290 e. The van der Waals surface area contributed by atoms with E-state index in [1.54, 1.807) is 13.0 Å².